The molecule has 0 bridgehead atoms. The molecule has 1 aliphatic rings. The first-order valence-corrected chi connectivity index (χ1v) is 6.05. The summed E-state index contributed by atoms with van der Waals surface area (Å²) in [5.74, 6) is -0.0165. The van der Waals surface area contributed by atoms with Crippen LogP contribution in [-0.4, -0.2) is 34.6 Å². The van der Waals surface area contributed by atoms with E-state index in [0.29, 0.717) is 18.8 Å². The van der Waals surface area contributed by atoms with Crippen LogP contribution in [0, 0.1) is 5.92 Å². The van der Waals surface area contributed by atoms with Crippen LogP contribution in [0.1, 0.15) is 46.5 Å². The van der Waals surface area contributed by atoms with Gasteiger partial charge in [-0.15, -0.1) is 0 Å². The molecule has 1 atom stereocenters. The normalized spacial score (nSPS) is 24.1. The Kier molecular flexibility index (Phi) is 4.14. The monoisotopic (exact) mass is 213 g/mol. The van der Waals surface area contributed by atoms with Gasteiger partial charge in [-0.25, -0.2) is 0 Å². The molecule has 1 N–H and O–H groups in total. The first-order valence-electron chi connectivity index (χ1n) is 6.05. The molecule has 0 spiro atoms. The highest BCUT2D eigenvalue weighted by Gasteiger charge is 2.42. The second-order valence-corrected chi connectivity index (χ2v) is 4.74. The summed E-state index contributed by atoms with van der Waals surface area (Å²) in [6.07, 6.45) is 3.77. The number of hydrogen-bond donors (Lipinski definition) is 1. The van der Waals surface area contributed by atoms with Crippen LogP contribution in [0.15, 0.2) is 0 Å². The SMILES string of the molecule is CCC(CC)(C(=O)O)N1CCCC(C)C1. The molecular formula is C12H23NO2. The van der Waals surface area contributed by atoms with Crippen molar-refractivity contribution in [1.82, 2.24) is 4.90 Å². The third-order valence-electron chi connectivity index (χ3n) is 3.83. The number of nitrogens with zero attached hydrogens (tertiary/aromatic N) is 1. The summed E-state index contributed by atoms with van der Waals surface area (Å²) in [4.78, 5) is 13.6. The summed E-state index contributed by atoms with van der Waals surface area (Å²) in [6.45, 7) is 8.06. The minimum Gasteiger partial charge on any atom is -0.480 e. The van der Waals surface area contributed by atoms with Gasteiger partial charge in [0.05, 0.1) is 0 Å². The van der Waals surface area contributed by atoms with Crippen LogP contribution in [0.3, 0.4) is 0 Å². The van der Waals surface area contributed by atoms with Crippen molar-refractivity contribution in [1.29, 1.82) is 0 Å². The number of rotatable bonds is 4. The molecule has 1 fully saturated rings. The van der Waals surface area contributed by atoms with E-state index >= 15 is 0 Å². The Morgan fingerprint density at radius 1 is 1.47 bits per heavy atom. The van der Waals surface area contributed by atoms with E-state index in [1.807, 2.05) is 13.8 Å². The Bertz CT molecular complexity index is 224. The molecule has 0 aromatic heterocycles. The minimum atomic E-state index is -0.651. The van der Waals surface area contributed by atoms with Crippen molar-refractivity contribution in [2.24, 2.45) is 5.92 Å². The molecular weight excluding hydrogens is 190 g/mol. The predicted octanol–water partition coefficient (Wildman–Crippen LogP) is 2.36. The van der Waals surface area contributed by atoms with E-state index in [-0.39, 0.29) is 0 Å². The number of carbonyl (C=O) groups is 1. The smallest absolute Gasteiger partial charge is 0.324 e. The lowest BCUT2D eigenvalue weighted by molar-refractivity contribution is -0.154. The van der Waals surface area contributed by atoms with Crippen LogP contribution in [0.2, 0.25) is 0 Å². The molecule has 1 unspecified atom stereocenters. The molecule has 3 heteroatoms. The van der Waals surface area contributed by atoms with Gasteiger partial charge in [0.15, 0.2) is 0 Å². The number of piperidine rings is 1. The van der Waals surface area contributed by atoms with Gasteiger partial charge in [0.1, 0.15) is 5.54 Å². The van der Waals surface area contributed by atoms with Gasteiger partial charge < -0.3 is 5.11 Å². The average molecular weight is 213 g/mol. The zero-order chi connectivity index (χ0) is 11.5. The topological polar surface area (TPSA) is 40.5 Å². The third kappa shape index (κ3) is 2.33. The Balaban J connectivity index is 2.83. The van der Waals surface area contributed by atoms with Crippen molar-refractivity contribution in [3.63, 3.8) is 0 Å². The number of carboxylic acids is 1. The Labute approximate surface area is 92.5 Å². The van der Waals surface area contributed by atoms with Crippen LogP contribution in [-0.2, 0) is 4.79 Å². The van der Waals surface area contributed by atoms with Crippen molar-refractivity contribution < 1.29 is 9.90 Å². The standard InChI is InChI=1S/C12H23NO2/c1-4-12(5-2,11(14)15)13-8-6-7-10(3)9-13/h10H,4-9H2,1-3H3,(H,14,15). The second-order valence-electron chi connectivity index (χ2n) is 4.74. The van der Waals surface area contributed by atoms with Crippen LogP contribution < -0.4 is 0 Å². The van der Waals surface area contributed by atoms with Crippen LogP contribution in [0.4, 0.5) is 0 Å². The summed E-state index contributed by atoms with van der Waals surface area (Å²) >= 11 is 0. The van der Waals surface area contributed by atoms with Gasteiger partial charge in [-0.1, -0.05) is 20.8 Å². The summed E-state index contributed by atoms with van der Waals surface area (Å²) in [5.41, 5.74) is -0.616. The van der Waals surface area contributed by atoms with Crippen LogP contribution >= 0.6 is 0 Å². The number of aliphatic carboxylic acids is 1. The molecule has 0 aromatic rings. The highest BCUT2D eigenvalue weighted by molar-refractivity contribution is 5.78. The zero-order valence-electron chi connectivity index (χ0n) is 10.1. The Hall–Kier alpha value is -0.570. The number of carboxylic acid groups (broad SMARTS) is 1. The Morgan fingerprint density at radius 3 is 2.47 bits per heavy atom. The largest absolute Gasteiger partial charge is 0.480 e. The minimum absolute atomic E-state index is 0.616. The molecule has 0 amide bonds. The summed E-state index contributed by atoms with van der Waals surface area (Å²) in [5, 5.41) is 9.42. The van der Waals surface area contributed by atoms with Gasteiger partial charge in [0, 0.05) is 6.54 Å². The van der Waals surface area contributed by atoms with E-state index in [2.05, 4.69) is 11.8 Å². The van der Waals surface area contributed by atoms with Crippen molar-refractivity contribution in [2.45, 2.75) is 52.0 Å². The quantitative estimate of drug-likeness (QED) is 0.779. The van der Waals surface area contributed by atoms with E-state index < -0.39 is 11.5 Å². The van der Waals surface area contributed by atoms with Gasteiger partial charge >= 0.3 is 5.97 Å². The van der Waals surface area contributed by atoms with Crippen molar-refractivity contribution in [3.05, 3.63) is 0 Å². The summed E-state index contributed by atoms with van der Waals surface area (Å²) in [7, 11) is 0. The van der Waals surface area contributed by atoms with Crippen LogP contribution in [0.5, 0.6) is 0 Å². The molecule has 1 heterocycles. The molecule has 1 rings (SSSR count). The van der Waals surface area contributed by atoms with E-state index in [1.165, 1.54) is 6.42 Å². The molecule has 0 saturated carbocycles. The average Bonchev–Trinajstić information content (AvgIpc) is 2.20. The second kappa shape index (κ2) is 4.97. The fourth-order valence-corrected chi connectivity index (χ4v) is 2.71. The highest BCUT2D eigenvalue weighted by Crippen LogP contribution is 2.29. The lowest BCUT2D eigenvalue weighted by atomic mass is 9.86. The number of hydrogen-bond acceptors (Lipinski definition) is 2. The van der Waals surface area contributed by atoms with Crippen molar-refractivity contribution >= 4 is 5.97 Å². The Morgan fingerprint density at radius 2 is 2.07 bits per heavy atom. The van der Waals surface area contributed by atoms with E-state index in [4.69, 9.17) is 0 Å². The molecule has 0 aliphatic carbocycles. The van der Waals surface area contributed by atoms with Gasteiger partial charge in [-0.2, -0.15) is 0 Å². The third-order valence-corrected chi connectivity index (χ3v) is 3.83. The summed E-state index contributed by atoms with van der Waals surface area (Å²) in [6, 6.07) is 0. The molecule has 0 radical (unpaired) electrons. The first kappa shape index (κ1) is 12.5. The first-order chi connectivity index (χ1) is 7.06. The molecule has 1 aliphatic heterocycles. The maximum absolute atomic E-state index is 11.4. The summed E-state index contributed by atoms with van der Waals surface area (Å²) < 4.78 is 0. The lowest BCUT2D eigenvalue weighted by Crippen LogP contribution is -2.56. The molecule has 1 saturated heterocycles. The van der Waals surface area contributed by atoms with Gasteiger partial charge in [0.25, 0.3) is 0 Å². The van der Waals surface area contributed by atoms with E-state index in [9.17, 15) is 9.90 Å². The maximum Gasteiger partial charge on any atom is 0.324 e. The van der Waals surface area contributed by atoms with E-state index in [0.717, 1.165) is 19.5 Å². The van der Waals surface area contributed by atoms with Crippen LogP contribution in [0.25, 0.3) is 0 Å². The highest BCUT2D eigenvalue weighted by atomic mass is 16.4. The van der Waals surface area contributed by atoms with Gasteiger partial charge in [-0.3, -0.25) is 9.69 Å². The van der Waals surface area contributed by atoms with Crippen molar-refractivity contribution in [2.75, 3.05) is 13.1 Å². The fraction of sp³-hybridized carbons (Fsp3) is 0.917. The molecule has 3 nitrogen and oxygen atoms in total. The van der Waals surface area contributed by atoms with Gasteiger partial charge in [0.2, 0.25) is 0 Å². The lowest BCUT2D eigenvalue weighted by Gasteiger charge is -2.43. The number of likely N-dealkylation sites (tertiary alicyclic amines) is 1. The molecule has 0 aromatic carbocycles. The maximum atomic E-state index is 11.4. The van der Waals surface area contributed by atoms with Gasteiger partial charge in [-0.05, 0) is 38.1 Å². The molecule has 15 heavy (non-hydrogen) atoms. The molecule has 88 valence electrons. The zero-order valence-corrected chi connectivity index (χ0v) is 10.1. The van der Waals surface area contributed by atoms with Crippen molar-refractivity contribution in [3.8, 4) is 0 Å². The predicted molar refractivity (Wildman–Crippen MR) is 60.9 cm³/mol. The fourth-order valence-electron chi connectivity index (χ4n) is 2.71. The van der Waals surface area contributed by atoms with E-state index in [1.54, 1.807) is 0 Å².